The average molecular weight is 350 g/mol. The Labute approximate surface area is 152 Å². The predicted molar refractivity (Wildman–Crippen MR) is 98.5 cm³/mol. The Hall–Kier alpha value is -2.89. The summed E-state index contributed by atoms with van der Waals surface area (Å²) >= 11 is 0. The number of aromatic nitrogens is 2. The quantitative estimate of drug-likeness (QED) is 0.814. The first-order valence-electron chi connectivity index (χ1n) is 8.90. The Morgan fingerprint density at radius 3 is 2.65 bits per heavy atom. The van der Waals surface area contributed by atoms with Crippen molar-refractivity contribution in [2.45, 2.75) is 25.3 Å². The Bertz CT molecular complexity index is 833. The average Bonchev–Trinajstić information content (AvgIpc) is 3.26. The Morgan fingerprint density at radius 2 is 2.00 bits per heavy atom. The SMILES string of the molecule is C=CC(=O)N1CC(n2cc(NC(=O)C3(Cc4ccccc4)CC3)cn2)C1. The van der Waals surface area contributed by atoms with Gasteiger partial charge in [-0.1, -0.05) is 36.9 Å². The van der Waals surface area contributed by atoms with Crippen molar-refractivity contribution in [2.75, 3.05) is 18.4 Å². The van der Waals surface area contributed by atoms with E-state index in [-0.39, 0.29) is 23.3 Å². The van der Waals surface area contributed by atoms with Crippen LogP contribution in [0.2, 0.25) is 0 Å². The summed E-state index contributed by atoms with van der Waals surface area (Å²) in [4.78, 5) is 26.0. The molecule has 0 bridgehead atoms. The fourth-order valence-electron chi connectivity index (χ4n) is 3.42. The van der Waals surface area contributed by atoms with Crippen LogP contribution in [-0.4, -0.2) is 39.6 Å². The molecule has 1 saturated heterocycles. The molecule has 1 aromatic carbocycles. The molecule has 1 aromatic heterocycles. The third kappa shape index (κ3) is 3.14. The number of nitrogens with one attached hydrogen (secondary N) is 1. The van der Waals surface area contributed by atoms with Crippen LogP contribution < -0.4 is 5.32 Å². The maximum atomic E-state index is 12.7. The number of benzene rings is 1. The van der Waals surface area contributed by atoms with Crippen LogP contribution in [0.15, 0.2) is 55.4 Å². The topological polar surface area (TPSA) is 67.2 Å². The normalized spacial score (nSPS) is 18.1. The highest BCUT2D eigenvalue weighted by molar-refractivity contribution is 5.97. The lowest BCUT2D eigenvalue weighted by Crippen LogP contribution is -2.50. The van der Waals surface area contributed by atoms with Crippen molar-refractivity contribution in [1.29, 1.82) is 0 Å². The van der Waals surface area contributed by atoms with Crippen LogP contribution in [0, 0.1) is 5.41 Å². The van der Waals surface area contributed by atoms with Crippen LogP contribution in [0.3, 0.4) is 0 Å². The molecule has 134 valence electrons. The zero-order chi connectivity index (χ0) is 18.1. The second kappa shape index (κ2) is 6.44. The van der Waals surface area contributed by atoms with Gasteiger partial charge in [-0.15, -0.1) is 0 Å². The summed E-state index contributed by atoms with van der Waals surface area (Å²) in [6, 6.07) is 10.3. The van der Waals surface area contributed by atoms with Gasteiger partial charge in [-0.2, -0.15) is 5.10 Å². The van der Waals surface area contributed by atoms with Gasteiger partial charge in [0.1, 0.15) is 0 Å². The fraction of sp³-hybridized carbons (Fsp3) is 0.350. The van der Waals surface area contributed by atoms with Crippen molar-refractivity contribution >= 4 is 17.5 Å². The highest BCUT2D eigenvalue weighted by Crippen LogP contribution is 2.49. The van der Waals surface area contributed by atoms with Gasteiger partial charge in [0.25, 0.3) is 0 Å². The standard InChI is InChI=1S/C20H22N4O2/c1-2-18(25)23-13-17(14-23)24-12-16(11-21-24)22-19(26)20(8-9-20)10-15-6-4-3-5-7-15/h2-7,11-12,17H,1,8-10,13-14H2,(H,22,26). The minimum absolute atomic E-state index is 0.0569. The summed E-state index contributed by atoms with van der Waals surface area (Å²) in [7, 11) is 0. The lowest BCUT2D eigenvalue weighted by molar-refractivity contribution is -0.131. The first kappa shape index (κ1) is 16.6. The number of carbonyl (C=O) groups is 2. The summed E-state index contributed by atoms with van der Waals surface area (Å²) < 4.78 is 1.82. The molecule has 0 radical (unpaired) electrons. The van der Waals surface area contributed by atoms with E-state index >= 15 is 0 Å². The molecule has 2 amide bonds. The first-order valence-corrected chi connectivity index (χ1v) is 8.90. The maximum absolute atomic E-state index is 12.7. The van der Waals surface area contributed by atoms with Crippen LogP contribution in [-0.2, 0) is 16.0 Å². The van der Waals surface area contributed by atoms with Crippen LogP contribution in [0.5, 0.6) is 0 Å². The predicted octanol–water partition coefficient (Wildman–Crippen LogP) is 2.41. The van der Waals surface area contributed by atoms with Gasteiger partial charge in [0.15, 0.2) is 0 Å². The molecule has 1 aliphatic carbocycles. The van der Waals surface area contributed by atoms with E-state index in [9.17, 15) is 9.59 Å². The molecule has 4 rings (SSSR count). The summed E-state index contributed by atoms with van der Waals surface area (Å²) in [6.07, 6.45) is 7.46. The van der Waals surface area contributed by atoms with Crippen LogP contribution in [0.1, 0.15) is 24.4 Å². The molecule has 6 heteroatoms. The maximum Gasteiger partial charge on any atom is 0.246 e. The van der Waals surface area contributed by atoms with Gasteiger partial charge < -0.3 is 10.2 Å². The molecule has 6 nitrogen and oxygen atoms in total. The van der Waals surface area contributed by atoms with Gasteiger partial charge in [-0.25, -0.2) is 0 Å². The Balaban J connectivity index is 1.35. The van der Waals surface area contributed by atoms with Crippen molar-refractivity contribution in [3.05, 3.63) is 60.9 Å². The number of amides is 2. The Morgan fingerprint density at radius 1 is 1.27 bits per heavy atom. The number of anilines is 1. The molecule has 26 heavy (non-hydrogen) atoms. The van der Waals surface area contributed by atoms with Gasteiger partial charge in [-0.05, 0) is 30.9 Å². The first-order chi connectivity index (χ1) is 12.6. The molecule has 2 heterocycles. The number of rotatable bonds is 6. The Kier molecular flexibility index (Phi) is 4.11. The molecule has 1 N–H and O–H groups in total. The molecule has 0 spiro atoms. The zero-order valence-electron chi connectivity index (χ0n) is 14.6. The van der Waals surface area contributed by atoms with Crippen LogP contribution >= 0.6 is 0 Å². The monoisotopic (exact) mass is 350 g/mol. The third-order valence-corrected chi connectivity index (χ3v) is 5.30. The summed E-state index contributed by atoms with van der Waals surface area (Å²) in [6.45, 7) is 4.74. The zero-order valence-corrected chi connectivity index (χ0v) is 14.6. The highest BCUT2D eigenvalue weighted by Gasteiger charge is 2.49. The molecule has 2 fully saturated rings. The van der Waals surface area contributed by atoms with Gasteiger partial charge >= 0.3 is 0 Å². The second-order valence-electron chi connectivity index (χ2n) is 7.21. The fourth-order valence-corrected chi connectivity index (χ4v) is 3.42. The van der Waals surface area contributed by atoms with Crippen molar-refractivity contribution in [2.24, 2.45) is 5.41 Å². The van der Waals surface area contributed by atoms with Crippen LogP contribution in [0.25, 0.3) is 0 Å². The third-order valence-electron chi connectivity index (χ3n) is 5.30. The molecular weight excluding hydrogens is 328 g/mol. The molecule has 2 aromatic rings. The lowest BCUT2D eigenvalue weighted by Gasteiger charge is -2.38. The molecule has 0 atom stereocenters. The van der Waals surface area contributed by atoms with E-state index < -0.39 is 0 Å². The van der Waals surface area contributed by atoms with Gasteiger partial charge in [-0.3, -0.25) is 14.3 Å². The van der Waals surface area contributed by atoms with Crippen molar-refractivity contribution < 1.29 is 9.59 Å². The second-order valence-corrected chi connectivity index (χ2v) is 7.21. The van der Waals surface area contributed by atoms with Gasteiger partial charge in [0.2, 0.25) is 11.8 Å². The van der Waals surface area contributed by atoms with Crippen molar-refractivity contribution in [3.63, 3.8) is 0 Å². The number of likely N-dealkylation sites (tertiary alicyclic amines) is 1. The van der Waals surface area contributed by atoms with E-state index in [2.05, 4.69) is 29.1 Å². The molecule has 2 aliphatic rings. The lowest BCUT2D eigenvalue weighted by atomic mass is 9.95. The van der Waals surface area contributed by atoms with Gasteiger partial charge in [0.05, 0.1) is 23.3 Å². The number of carbonyl (C=O) groups excluding carboxylic acids is 2. The number of hydrogen-bond donors (Lipinski definition) is 1. The molecular formula is C20H22N4O2. The summed E-state index contributed by atoms with van der Waals surface area (Å²) in [5.41, 5.74) is 1.62. The van der Waals surface area contributed by atoms with Gasteiger partial charge in [0, 0.05) is 19.3 Å². The number of hydrogen-bond acceptors (Lipinski definition) is 3. The minimum Gasteiger partial charge on any atom is -0.335 e. The highest BCUT2D eigenvalue weighted by atomic mass is 16.2. The van der Waals surface area contributed by atoms with E-state index in [1.54, 1.807) is 11.1 Å². The molecule has 1 saturated carbocycles. The summed E-state index contributed by atoms with van der Waals surface area (Å²) in [5, 5.41) is 7.35. The van der Waals surface area contributed by atoms with Crippen molar-refractivity contribution in [1.82, 2.24) is 14.7 Å². The molecule has 0 unspecified atom stereocenters. The largest absolute Gasteiger partial charge is 0.335 e. The summed E-state index contributed by atoms with van der Waals surface area (Å²) in [5.74, 6) is 0.0106. The van der Waals surface area contributed by atoms with E-state index in [1.807, 2.05) is 29.1 Å². The van der Waals surface area contributed by atoms with E-state index in [4.69, 9.17) is 0 Å². The van der Waals surface area contributed by atoms with E-state index in [0.29, 0.717) is 18.8 Å². The van der Waals surface area contributed by atoms with E-state index in [0.717, 1.165) is 19.3 Å². The van der Waals surface area contributed by atoms with Crippen molar-refractivity contribution in [3.8, 4) is 0 Å². The van der Waals surface area contributed by atoms with E-state index in [1.165, 1.54) is 11.6 Å². The number of nitrogens with zero attached hydrogens (tertiary/aromatic N) is 3. The van der Waals surface area contributed by atoms with Crippen LogP contribution in [0.4, 0.5) is 5.69 Å². The smallest absolute Gasteiger partial charge is 0.246 e. The minimum atomic E-state index is -0.285. The molecule has 1 aliphatic heterocycles.